The van der Waals surface area contributed by atoms with Gasteiger partial charge in [-0.2, -0.15) is 0 Å². The minimum Gasteiger partial charge on any atom is -0.309 e. The van der Waals surface area contributed by atoms with Gasteiger partial charge in [0.05, 0.1) is 0 Å². The molecule has 0 spiro atoms. The molecule has 1 unspecified atom stereocenters. The van der Waals surface area contributed by atoms with Gasteiger partial charge in [0, 0.05) is 24.7 Å². The molecule has 1 saturated heterocycles. The van der Waals surface area contributed by atoms with E-state index in [1.165, 1.54) is 6.07 Å². The van der Waals surface area contributed by atoms with Gasteiger partial charge in [-0.15, -0.1) is 0 Å². The summed E-state index contributed by atoms with van der Waals surface area (Å²) in [5.74, 6) is 0. The summed E-state index contributed by atoms with van der Waals surface area (Å²) in [5, 5.41) is 3.41. The predicted octanol–water partition coefficient (Wildman–Crippen LogP) is 2.42. The van der Waals surface area contributed by atoms with Gasteiger partial charge in [0.15, 0.2) is 0 Å². The first-order chi connectivity index (χ1) is 8.15. The Morgan fingerprint density at radius 3 is 2.94 bits per heavy atom. The number of alkyl halides is 2. The number of hydrogen-bond acceptors (Lipinski definition) is 2. The Labute approximate surface area is 101 Å². The molecule has 1 fully saturated rings. The second-order valence-electron chi connectivity index (χ2n) is 4.67. The highest BCUT2D eigenvalue weighted by Gasteiger charge is 2.18. The Balaban J connectivity index is 1.88. The van der Waals surface area contributed by atoms with Crippen LogP contribution in [0.5, 0.6) is 0 Å². The van der Waals surface area contributed by atoms with Crippen LogP contribution in [0.1, 0.15) is 24.0 Å². The smallest absolute Gasteiger partial charge is 0.263 e. The minimum atomic E-state index is -2.38. The average Bonchev–Trinajstić information content (AvgIpc) is 2.73. The van der Waals surface area contributed by atoms with Gasteiger partial charge in [0.2, 0.25) is 0 Å². The van der Waals surface area contributed by atoms with E-state index in [2.05, 4.69) is 17.3 Å². The van der Waals surface area contributed by atoms with Crippen LogP contribution in [0.2, 0.25) is 0 Å². The average molecular weight is 240 g/mol. The number of hydrogen-bond donors (Lipinski definition) is 1. The maximum Gasteiger partial charge on any atom is 0.263 e. The highest BCUT2D eigenvalue weighted by molar-refractivity contribution is 5.24. The van der Waals surface area contributed by atoms with Crippen molar-refractivity contribution < 1.29 is 8.78 Å². The van der Waals surface area contributed by atoms with Crippen molar-refractivity contribution >= 4 is 0 Å². The lowest BCUT2D eigenvalue weighted by Crippen LogP contribution is -2.30. The summed E-state index contributed by atoms with van der Waals surface area (Å²) in [4.78, 5) is 2.27. The lowest BCUT2D eigenvalue weighted by Gasteiger charge is -2.13. The Kier molecular flexibility index (Phi) is 4.07. The van der Waals surface area contributed by atoms with E-state index in [-0.39, 0.29) is 5.56 Å². The fourth-order valence-corrected chi connectivity index (χ4v) is 2.20. The molecule has 1 aromatic rings. The highest BCUT2D eigenvalue weighted by Crippen LogP contribution is 2.19. The van der Waals surface area contributed by atoms with E-state index >= 15 is 0 Å². The number of halogens is 2. The van der Waals surface area contributed by atoms with Crippen LogP contribution in [-0.4, -0.2) is 31.1 Å². The van der Waals surface area contributed by atoms with Crippen LogP contribution in [-0.2, 0) is 6.54 Å². The maximum atomic E-state index is 12.5. The quantitative estimate of drug-likeness (QED) is 0.869. The molecule has 94 valence electrons. The maximum absolute atomic E-state index is 12.5. The largest absolute Gasteiger partial charge is 0.309 e. The van der Waals surface area contributed by atoms with Crippen LogP contribution >= 0.6 is 0 Å². The molecule has 0 amide bonds. The van der Waals surface area contributed by atoms with Crippen molar-refractivity contribution in [3.05, 3.63) is 35.4 Å². The summed E-state index contributed by atoms with van der Waals surface area (Å²) in [7, 11) is 2.10. The summed E-state index contributed by atoms with van der Waals surface area (Å²) in [6.45, 7) is 2.81. The van der Waals surface area contributed by atoms with Crippen molar-refractivity contribution in [2.75, 3.05) is 20.1 Å². The van der Waals surface area contributed by atoms with Crippen LogP contribution in [0.25, 0.3) is 0 Å². The Morgan fingerprint density at radius 2 is 2.29 bits per heavy atom. The van der Waals surface area contributed by atoms with Crippen molar-refractivity contribution in [1.82, 2.24) is 10.2 Å². The first kappa shape index (κ1) is 12.5. The number of likely N-dealkylation sites (N-methyl/N-ethyl adjacent to an activating group) is 1. The number of nitrogens with one attached hydrogen (secondary N) is 1. The summed E-state index contributed by atoms with van der Waals surface area (Å²) >= 11 is 0. The monoisotopic (exact) mass is 240 g/mol. The van der Waals surface area contributed by atoms with E-state index in [1.54, 1.807) is 12.1 Å². The summed E-state index contributed by atoms with van der Waals surface area (Å²) in [6.07, 6.45) is -1.25. The zero-order valence-corrected chi connectivity index (χ0v) is 10.00. The first-order valence-electron chi connectivity index (χ1n) is 5.94. The van der Waals surface area contributed by atoms with Crippen molar-refractivity contribution in [3.63, 3.8) is 0 Å². The number of nitrogens with zero attached hydrogens (tertiary/aromatic N) is 1. The van der Waals surface area contributed by atoms with Gasteiger partial charge >= 0.3 is 0 Å². The summed E-state index contributed by atoms with van der Waals surface area (Å²) < 4.78 is 25.0. The molecule has 0 aromatic heterocycles. The van der Waals surface area contributed by atoms with Gasteiger partial charge < -0.3 is 10.2 Å². The third kappa shape index (κ3) is 3.48. The van der Waals surface area contributed by atoms with Crippen LogP contribution in [0.4, 0.5) is 8.78 Å². The zero-order valence-electron chi connectivity index (χ0n) is 10.00. The Morgan fingerprint density at radius 1 is 1.47 bits per heavy atom. The van der Waals surface area contributed by atoms with E-state index in [0.717, 1.165) is 25.1 Å². The van der Waals surface area contributed by atoms with Crippen LogP contribution in [0.15, 0.2) is 24.3 Å². The second kappa shape index (κ2) is 5.56. The minimum absolute atomic E-state index is 0.104. The first-order valence-corrected chi connectivity index (χ1v) is 5.94. The number of likely N-dealkylation sites (tertiary alicyclic amines) is 1. The van der Waals surface area contributed by atoms with Gasteiger partial charge in [-0.1, -0.05) is 18.2 Å². The van der Waals surface area contributed by atoms with Gasteiger partial charge in [-0.05, 0) is 31.6 Å². The number of benzene rings is 1. The molecule has 1 heterocycles. The molecule has 1 aliphatic rings. The lowest BCUT2D eigenvalue weighted by atomic mass is 10.1. The van der Waals surface area contributed by atoms with E-state index in [0.29, 0.717) is 12.6 Å². The normalized spacial score (nSPS) is 21.3. The van der Waals surface area contributed by atoms with Gasteiger partial charge in [0.1, 0.15) is 0 Å². The van der Waals surface area contributed by atoms with E-state index < -0.39 is 6.43 Å². The predicted molar refractivity (Wildman–Crippen MR) is 64.1 cm³/mol. The van der Waals surface area contributed by atoms with Gasteiger partial charge in [0.25, 0.3) is 6.43 Å². The molecule has 2 rings (SSSR count). The molecule has 1 atom stereocenters. The van der Waals surface area contributed by atoms with Crippen molar-refractivity contribution in [2.24, 2.45) is 0 Å². The van der Waals surface area contributed by atoms with Crippen LogP contribution in [0, 0.1) is 0 Å². The topological polar surface area (TPSA) is 15.3 Å². The van der Waals surface area contributed by atoms with Crippen LogP contribution < -0.4 is 5.32 Å². The Hall–Kier alpha value is -1.00. The zero-order chi connectivity index (χ0) is 12.3. The molecule has 0 saturated carbocycles. The van der Waals surface area contributed by atoms with Crippen molar-refractivity contribution in [1.29, 1.82) is 0 Å². The molecule has 0 bridgehead atoms. The van der Waals surface area contributed by atoms with Crippen LogP contribution in [0.3, 0.4) is 0 Å². The van der Waals surface area contributed by atoms with Crippen molar-refractivity contribution in [3.8, 4) is 0 Å². The van der Waals surface area contributed by atoms with E-state index in [9.17, 15) is 8.78 Å². The standard InChI is InChI=1S/C13H18F2N2/c1-17-6-5-12(9-17)16-8-10-3-2-4-11(7-10)13(14)15/h2-4,7,12-13,16H,5-6,8-9H2,1H3. The third-order valence-corrected chi connectivity index (χ3v) is 3.19. The molecule has 4 heteroatoms. The van der Waals surface area contributed by atoms with Gasteiger partial charge in [-0.3, -0.25) is 0 Å². The molecule has 0 radical (unpaired) electrons. The highest BCUT2D eigenvalue weighted by atomic mass is 19.3. The van der Waals surface area contributed by atoms with E-state index in [1.807, 2.05) is 6.07 Å². The summed E-state index contributed by atoms with van der Waals surface area (Å²) in [5.41, 5.74) is 1.03. The lowest BCUT2D eigenvalue weighted by molar-refractivity contribution is 0.151. The Bertz CT molecular complexity index is 368. The fourth-order valence-electron chi connectivity index (χ4n) is 2.20. The fraction of sp³-hybridized carbons (Fsp3) is 0.538. The van der Waals surface area contributed by atoms with E-state index in [4.69, 9.17) is 0 Å². The molecular weight excluding hydrogens is 222 g/mol. The van der Waals surface area contributed by atoms with Gasteiger partial charge in [-0.25, -0.2) is 8.78 Å². The molecule has 1 N–H and O–H groups in total. The van der Waals surface area contributed by atoms with Crippen molar-refractivity contribution in [2.45, 2.75) is 25.4 Å². The second-order valence-corrected chi connectivity index (χ2v) is 4.67. The summed E-state index contributed by atoms with van der Waals surface area (Å²) in [6, 6.07) is 7.11. The number of rotatable bonds is 4. The molecule has 1 aliphatic heterocycles. The molecule has 2 nitrogen and oxygen atoms in total. The molecule has 17 heavy (non-hydrogen) atoms. The third-order valence-electron chi connectivity index (χ3n) is 3.19. The molecule has 1 aromatic carbocycles. The molecular formula is C13H18F2N2. The SMILES string of the molecule is CN1CCC(NCc2cccc(C(F)F)c2)C1. The molecule has 0 aliphatic carbocycles.